The summed E-state index contributed by atoms with van der Waals surface area (Å²) in [6.07, 6.45) is 2.50. The molecular weight excluding hydrogens is 356 g/mol. The minimum absolute atomic E-state index is 0.0851. The second-order valence-corrected chi connectivity index (χ2v) is 5.21. The van der Waals surface area contributed by atoms with Gasteiger partial charge in [-0.1, -0.05) is 32.7 Å². The number of ether oxygens (including phenoxy) is 1. The van der Waals surface area contributed by atoms with Crippen LogP contribution in [0.5, 0.6) is 5.75 Å². The lowest BCUT2D eigenvalue weighted by Crippen LogP contribution is -2.07. The molecule has 2 rings (SSSR count). The summed E-state index contributed by atoms with van der Waals surface area (Å²) in [6.45, 7) is -2.62. The Morgan fingerprint density at radius 2 is 2.20 bits per heavy atom. The number of nitrogens with zero attached hydrogens (tertiary/aromatic N) is 3. The summed E-state index contributed by atoms with van der Waals surface area (Å²) in [5, 5.41) is 9.14. The fraction of sp³-hybridized carbons (Fsp3) is 0.333. The van der Waals surface area contributed by atoms with Gasteiger partial charge in [-0.3, -0.25) is 0 Å². The van der Waals surface area contributed by atoms with Gasteiger partial charge < -0.3 is 4.74 Å². The maximum absolute atomic E-state index is 12.3. The third kappa shape index (κ3) is 4.14. The summed E-state index contributed by atoms with van der Waals surface area (Å²) >= 11 is 9.19. The molecule has 0 atom stereocenters. The van der Waals surface area contributed by atoms with Crippen LogP contribution in [0.3, 0.4) is 0 Å². The van der Waals surface area contributed by atoms with Gasteiger partial charge in [0.25, 0.3) is 0 Å². The van der Waals surface area contributed by atoms with E-state index in [1.165, 1.54) is 12.1 Å². The number of halogens is 4. The first kappa shape index (κ1) is 15.2. The SMILES string of the molecule is FC(F)Oc1ccc(Cl)cc1Cn1cc(CCBr)nn1. The van der Waals surface area contributed by atoms with Gasteiger partial charge in [0.2, 0.25) is 0 Å². The summed E-state index contributed by atoms with van der Waals surface area (Å²) in [4.78, 5) is 0. The van der Waals surface area contributed by atoms with Gasteiger partial charge in [0.15, 0.2) is 0 Å². The zero-order valence-electron chi connectivity index (χ0n) is 10.3. The molecule has 0 saturated heterocycles. The van der Waals surface area contributed by atoms with Crippen LogP contribution >= 0.6 is 27.5 Å². The van der Waals surface area contributed by atoms with Crippen molar-refractivity contribution in [2.75, 3.05) is 5.33 Å². The van der Waals surface area contributed by atoms with Crippen LogP contribution in [0, 0.1) is 0 Å². The van der Waals surface area contributed by atoms with E-state index in [2.05, 4.69) is 31.0 Å². The van der Waals surface area contributed by atoms with Crippen LogP contribution in [-0.2, 0) is 13.0 Å². The minimum Gasteiger partial charge on any atom is -0.434 e. The van der Waals surface area contributed by atoms with Crippen molar-refractivity contribution in [3.05, 3.63) is 40.7 Å². The average molecular weight is 367 g/mol. The van der Waals surface area contributed by atoms with Crippen molar-refractivity contribution in [2.24, 2.45) is 0 Å². The van der Waals surface area contributed by atoms with E-state index >= 15 is 0 Å². The predicted octanol–water partition coefficient (Wildman–Crippen LogP) is 3.52. The Balaban J connectivity index is 2.19. The molecule has 1 aromatic carbocycles. The Morgan fingerprint density at radius 1 is 1.40 bits per heavy atom. The van der Waals surface area contributed by atoms with Crippen molar-refractivity contribution < 1.29 is 13.5 Å². The first-order valence-electron chi connectivity index (χ1n) is 5.76. The molecule has 0 fully saturated rings. The molecular formula is C12H11BrClF2N3O. The number of benzene rings is 1. The van der Waals surface area contributed by atoms with E-state index in [-0.39, 0.29) is 12.3 Å². The molecule has 0 radical (unpaired) electrons. The van der Waals surface area contributed by atoms with E-state index in [4.69, 9.17) is 11.6 Å². The summed E-state index contributed by atoms with van der Waals surface area (Å²) in [5.41, 5.74) is 1.34. The molecule has 4 nitrogen and oxygen atoms in total. The lowest BCUT2D eigenvalue weighted by Gasteiger charge is -2.10. The summed E-state index contributed by atoms with van der Waals surface area (Å²) in [6, 6.07) is 4.49. The monoisotopic (exact) mass is 365 g/mol. The highest BCUT2D eigenvalue weighted by Crippen LogP contribution is 2.25. The summed E-state index contributed by atoms with van der Waals surface area (Å²) in [5.74, 6) is 0.0851. The molecule has 108 valence electrons. The maximum Gasteiger partial charge on any atom is 0.387 e. The molecule has 0 unspecified atom stereocenters. The molecule has 2 aromatic rings. The van der Waals surface area contributed by atoms with Crippen molar-refractivity contribution >= 4 is 27.5 Å². The highest BCUT2D eigenvalue weighted by Gasteiger charge is 2.11. The van der Waals surface area contributed by atoms with Crippen molar-refractivity contribution in [3.8, 4) is 5.75 Å². The first-order valence-corrected chi connectivity index (χ1v) is 7.26. The Morgan fingerprint density at radius 3 is 2.90 bits per heavy atom. The van der Waals surface area contributed by atoms with Gasteiger partial charge in [-0.25, -0.2) is 4.68 Å². The van der Waals surface area contributed by atoms with E-state index in [0.29, 0.717) is 10.6 Å². The van der Waals surface area contributed by atoms with Crippen molar-refractivity contribution in [1.82, 2.24) is 15.0 Å². The lowest BCUT2D eigenvalue weighted by molar-refractivity contribution is -0.0505. The molecule has 1 aromatic heterocycles. The van der Waals surface area contributed by atoms with Gasteiger partial charge in [-0.2, -0.15) is 8.78 Å². The fourth-order valence-electron chi connectivity index (χ4n) is 1.68. The van der Waals surface area contributed by atoms with Crippen LogP contribution in [0.2, 0.25) is 5.02 Å². The second kappa shape index (κ2) is 6.99. The minimum atomic E-state index is -2.88. The molecule has 1 heterocycles. The number of hydrogen-bond donors (Lipinski definition) is 0. The zero-order chi connectivity index (χ0) is 14.5. The standard InChI is InChI=1S/C12H11BrClF2N3O/c13-4-3-10-7-19(18-17-10)6-8-5-9(14)1-2-11(8)20-12(15)16/h1-2,5,7,12H,3-4,6H2. The highest BCUT2D eigenvalue weighted by atomic mass is 79.9. The molecule has 0 amide bonds. The normalized spacial score (nSPS) is 11.1. The molecule has 0 aliphatic rings. The van der Waals surface area contributed by atoms with Gasteiger partial charge in [0.05, 0.1) is 12.2 Å². The van der Waals surface area contributed by atoms with Crippen LogP contribution in [0.4, 0.5) is 8.78 Å². The van der Waals surface area contributed by atoms with Gasteiger partial charge in [0, 0.05) is 28.5 Å². The average Bonchev–Trinajstić information content (AvgIpc) is 2.80. The Bertz CT molecular complexity index is 580. The highest BCUT2D eigenvalue weighted by molar-refractivity contribution is 9.09. The van der Waals surface area contributed by atoms with E-state index in [1.54, 1.807) is 16.9 Å². The van der Waals surface area contributed by atoms with Crippen molar-refractivity contribution in [3.63, 3.8) is 0 Å². The molecule has 0 aliphatic carbocycles. The van der Waals surface area contributed by atoms with Crippen LogP contribution in [-0.4, -0.2) is 26.9 Å². The van der Waals surface area contributed by atoms with E-state index < -0.39 is 6.61 Å². The molecule has 0 bridgehead atoms. The second-order valence-electron chi connectivity index (χ2n) is 3.98. The van der Waals surface area contributed by atoms with Crippen LogP contribution in [0.1, 0.15) is 11.3 Å². The topological polar surface area (TPSA) is 39.9 Å². The Kier molecular flexibility index (Phi) is 5.31. The Labute approximate surface area is 127 Å². The van der Waals surface area contributed by atoms with Crippen LogP contribution in [0.25, 0.3) is 0 Å². The quantitative estimate of drug-likeness (QED) is 0.735. The van der Waals surface area contributed by atoms with Crippen molar-refractivity contribution in [2.45, 2.75) is 19.6 Å². The van der Waals surface area contributed by atoms with Crippen LogP contribution < -0.4 is 4.74 Å². The predicted molar refractivity (Wildman–Crippen MR) is 74.7 cm³/mol. The molecule has 8 heteroatoms. The van der Waals surface area contributed by atoms with Gasteiger partial charge >= 0.3 is 6.61 Å². The molecule has 0 aliphatic heterocycles. The summed E-state index contributed by atoms with van der Waals surface area (Å²) < 4.78 is 30.7. The van der Waals surface area contributed by atoms with Gasteiger partial charge in [0.1, 0.15) is 5.75 Å². The number of alkyl halides is 3. The fourth-order valence-corrected chi connectivity index (χ4v) is 2.29. The smallest absolute Gasteiger partial charge is 0.387 e. The van der Waals surface area contributed by atoms with Crippen molar-refractivity contribution in [1.29, 1.82) is 0 Å². The Hall–Kier alpha value is -1.21. The molecule has 0 N–H and O–H groups in total. The maximum atomic E-state index is 12.3. The third-order valence-corrected chi connectivity index (χ3v) is 3.14. The first-order chi connectivity index (χ1) is 9.58. The van der Waals surface area contributed by atoms with Gasteiger partial charge in [-0.15, -0.1) is 5.10 Å². The lowest BCUT2D eigenvalue weighted by atomic mass is 10.2. The molecule has 20 heavy (non-hydrogen) atoms. The van der Waals surface area contributed by atoms with E-state index in [1.807, 2.05) is 0 Å². The van der Waals surface area contributed by atoms with Crippen LogP contribution in [0.15, 0.2) is 24.4 Å². The zero-order valence-corrected chi connectivity index (χ0v) is 12.6. The number of hydrogen-bond acceptors (Lipinski definition) is 3. The number of aryl methyl sites for hydroxylation is 1. The van der Waals surface area contributed by atoms with E-state index in [0.717, 1.165) is 17.4 Å². The summed E-state index contributed by atoms with van der Waals surface area (Å²) in [7, 11) is 0. The third-order valence-electron chi connectivity index (χ3n) is 2.51. The number of aromatic nitrogens is 3. The molecule has 0 spiro atoms. The van der Waals surface area contributed by atoms with Gasteiger partial charge in [-0.05, 0) is 18.2 Å². The molecule has 0 saturated carbocycles. The largest absolute Gasteiger partial charge is 0.434 e. The number of rotatable bonds is 6. The van der Waals surface area contributed by atoms with E-state index in [9.17, 15) is 8.78 Å².